The van der Waals surface area contributed by atoms with E-state index in [-0.39, 0.29) is 11.9 Å². The zero-order chi connectivity index (χ0) is 23.1. The molecule has 1 unspecified atom stereocenters. The molecule has 4 heterocycles. The van der Waals surface area contributed by atoms with E-state index in [2.05, 4.69) is 9.74 Å². The maximum Gasteiger partial charge on any atom is 0.270 e. The highest BCUT2D eigenvalue weighted by molar-refractivity contribution is 7.20. The largest absolute Gasteiger partial charge is 0.391 e. The summed E-state index contributed by atoms with van der Waals surface area (Å²) in [5.74, 6) is 1.23. The number of β-amino-alcohol motifs (C(OH)–C–C–N with tert-alkyl or cyclic N) is 1. The minimum absolute atomic E-state index is 0.332. The van der Waals surface area contributed by atoms with Crippen molar-refractivity contribution in [3.63, 3.8) is 0 Å². The second kappa shape index (κ2) is 8.42. The summed E-state index contributed by atoms with van der Waals surface area (Å²) in [5.41, 5.74) is 2.81. The Labute approximate surface area is 194 Å². The van der Waals surface area contributed by atoms with Gasteiger partial charge in [0, 0.05) is 20.1 Å². The van der Waals surface area contributed by atoms with Crippen LogP contribution < -0.4 is 9.80 Å². The highest BCUT2D eigenvalue weighted by Gasteiger charge is 2.25. The number of fused-ring (bicyclic) bond motifs is 1. The van der Waals surface area contributed by atoms with Gasteiger partial charge in [-0.2, -0.15) is 4.52 Å². The molecule has 1 fully saturated rings. The molecule has 1 saturated heterocycles. The Morgan fingerprint density at radius 2 is 2.03 bits per heavy atom. The van der Waals surface area contributed by atoms with Crippen molar-refractivity contribution in [1.29, 1.82) is 0 Å². The fourth-order valence-corrected chi connectivity index (χ4v) is 4.89. The molecule has 4 aromatic rings. The number of aliphatic hydroxyl groups is 1. The lowest BCUT2D eigenvalue weighted by Gasteiger charge is -2.19. The summed E-state index contributed by atoms with van der Waals surface area (Å²) in [4.78, 5) is 17.1. The van der Waals surface area contributed by atoms with Crippen LogP contribution >= 0.6 is 11.3 Å². The number of anilines is 3. The number of hydrogen-bond donors (Lipinski definition) is 1. The molecule has 1 aliphatic rings. The summed E-state index contributed by atoms with van der Waals surface area (Å²) < 4.78 is 15.2. The van der Waals surface area contributed by atoms with Gasteiger partial charge in [0.05, 0.1) is 24.1 Å². The number of aryl methyl sites for hydroxylation is 1. The summed E-state index contributed by atoms with van der Waals surface area (Å²) in [7, 11) is 1.89. The topological polar surface area (TPSA) is 74.2 Å². The Bertz CT molecular complexity index is 1360. The van der Waals surface area contributed by atoms with Gasteiger partial charge in [0.25, 0.3) is 5.00 Å². The van der Waals surface area contributed by atoms with Crippen molar-refractivity contribution in [3.8, 4) is 11.3 Å². The van der Waals surface area contributed by atoms with Crippen LogP contribution in [0, 0.1) is 12.4 Å². The van der Waals surface area contributed by atoms with E-state index in [9.17, 15) is 9.50 Å². The number of nitrogens with zero attached hydrogens (tertiary/aromatic N) is 7. The van der Waals surface area contributed by atoms with E-state index < -0.39 is 0 Å². The van der Waals surface area contributed by atoms with E-state index in [1.807, 2.05) is 31.0 Å². The molecule has 0 saturated carbocycles. The van der Waals surface area contributed by atoms with Crippen LogP contribution in [0.5, 0.6) is 0 Å². The zero-order valence-corrected chi connectivity index (χ0v) is 19.1. The number of rotatable bonds is 5. The van der Waals surface area contributed by atoms with Crippen molar-refractivity contribution in [2.24, 2.45) is 0 Å². The molecule has 1 aromatic carbocycles. The zero-order valence-electron chi connectivity index (χ0n) is 18.2. The summed E-state index contributed by atoms with van der Waals surface area (Å²) >= 11 is 1.28. The van der Waals surface area contributed by atoms with Crippen molar-refractivity contribution < 1.29 is 9.50 Å². The minimum Gasteiger partial charge on any atom is -0.391 e. The van der Waals surface area contributed by atoms with Gasteiger partial charge in [0.1, 0.15) is 11.6 Å². The van der Waals surface area contributed by atoms with Crippen LogP contribution in [0.2, 0.25) is 0 Å². The third-order valence-corrected chi connectivity index (χ3v) is 6.78. The molecular formula is C23H22FN7OS. The van der Waals surface area contributed by atoms with E-state index in [4.69, 9.17) is 21.6 Å². The average Bonchev–Trinajstić information content (AvgIpc) is 3.54. The number of aliphatic hydroxyl groups excluding tert-OH is 1. The van der Waals surface area contributed by atoms with Crippen molar-refractivity contribution in [2.45, 2.75) is 25.9 Å². The summed E-state index contributed by atoms with van der Waals surface area (Å²) in [6.45, 7) is 10.9. The third-order valence-electron chi connectivity index (χ3n) is 5.75. The second-order valence-corrected chi connectivity index (χ2v) is 8.87. The highest BCUT2D eigenvalue weighted by Crippen LogP contribution is 2.42. The van der Waals surface area contributed by atoms with Gasteiger partial charge in [-0.15, -0.1) is 16.4 Å². The Kier molecular flexibility index (Phi) is 5.44. The van der Waals surface area contributed by atoms with Crippen LogP contribution in [-0.4, -0.2) is 50.9 Å². The predicted molar refractivity (Wildman–Crippen MR) is 127 cm³/mol. The molecule has 0 spiro atoms. The lowest BCUT2D eigenvalue weighted by atomic mass is 10.1. The van der Waals surface area contributed by atoms with E-state index in [0.717, 1.165) is 35.9 Å². The summed E-state index contributed by atoms with van der Waals surface area (Å²) in [6.07, 6.45) is 1.08. The molecule has 0 amide bonds. The second-order valence-electron chi connectivity index (χ2n) is 7.91. The SMILES string of the molecule is [C-]#[N+]c1sc(N(C)c2c(CC)nc3ccc(N4CCC(O)C4)nn23)nc1-c1ccc(F)cc1. The van der Waals surface area contributed by atoms with E-state index in [0.29, 0.717) is 34.4 Å². The van der Waals surface area contributed by atoms with Crippen molar-refractivity contribution in [3.05, 3.63) is 59.3 Å². The first-order valence-electron chi connectivity index (χ1n) is 10.7. The molecule has 0 bridgehead atoms. The van der Waals surface area contributed by atoms with E-state index in [1.165, 1.54) is 23.5 Å². The Balaban J connectivity index is 1.58. The molecule has 1 aliphatic heterocycles. The van der Waals surface area contributed by atoms with Crippen LogP contribution in [-0.2, 0) is 6.42 Å². The normalized spacial score (nSPS) is 15.8. The molecule has 0 radical (unpaired) electrons. The van der Waals surface area contributed by atoms with E-state index in [1.54, 1.807) is 16.6 Å². The number of imidazole rings is 1. The molecule has 5 rings (SSSR count). The van der Waals surface area contributed by atoms with Crippen molar-refractivity contribution in [2.75, 3.05) is 29.9 Å². The molecule has 168 valence electrons. The molecule has 33 heavy (non-hydrogen) atoms. The number of hydrogen-bond acceptors (Lipinski definition) is 7. The number of halogens is 1. The molecule has 1 N–H and O–H groups in total. The van der Waals surface area contributed by atoms with E-state index >= 15 is 0 Å². The van der Waals surface area contributed by atoms with Crippen LogP contribution in [0.1, 0.15) is 19.0 Å². The van der Waals surface area contributed by atoms with Gasteiger partial charge in [0.2, 0.25) is 0 Å². The minimum atomic E-state index is -0.342. The van der Waals surface area contributed by atoms with Gasteiger partial charge in [-0.25, -0.2) is 19.2 Å². The maximum absolute atomic E-state index is 13.4. The van der Waals surface area contributed by atoms with Crippen LogP contribution in [0.3, 0.4) is 0 Å². The Morgan fingerprint density at radius 3 is 2.70 bits per heavy atom. The molecule has 1 atom stereocenters. The molecule has 0 aliphatic carbocycles. The average molecular weight is 464 g/mol. The van der Waals surface area contributed by atoms with Gasteiger partial charge in [-0.3, -0.25) is 0 Å². The fourth-order valence-electron chi connectivity index (χ4n) is 4.06. The summed E-state index contributed by atoms with van der Waals surface area (Å²) in [6, 6.07) is 9.86. The predicted octanol–water partition coefficient (Wildman–Crippen LogP) is 4.44. The number of thiazole rings is 1. The van der Waals surface area contributed by atoms with Crippen molar-refractivity contribution >= 4 is 38.8 Å². The van der Waals surface area contributed by atoms with Gasteiger partial charge >= 0.3 is 0 Å². The molecular weight excluding hydrogens is 441 g/mol. The smallest absolute Gasteiger partial charge is 0.270 e. The van der Waals surface area contributed by atoms with Gasteiger partial charge < -0.3 is 14.9 Å². The maximum atomic E-state index is 13.4. The van der Waals surface area contributed by atoms with Crippen LogP contribution in [0.25, 0.3) is 21.7 Å². The van der Waals surface area contributed by atoms with Crippen LogP contribution in [0.15, 0.2) is 36.4 Å². The third kappa shape index (κ3) is 3.79. The molecule has 10 heteroatoms. The first-order valence-corrected chi connectivity index (χ1v) is 11.5. The Morgan fingerprint density at radius 1 is 1.24 bits per heavy atom. The van der Waals surface area contributed by atoms with Crippen molar-refractivity contribution in [1.82, 2.24) is 19.6 Å². The first-order chi connectivity index (χ1) is 16.0. The fraction of sp³-hybridized carbons (Fsp3) is 0.304. The lowest BCUT2D eigenvalue weighted by Crippen LogP contribution is -2.23. The van der Waals surface area contributed by atoms with Gasteiger partial charge in [-0.05, 0) is 42.7 Å². The lowest BCUT2D eigenvalue weighted by molar-refractivity contribution is 0.198. The molecule has 8 nitrogen and oxygen atoms in total. The first kappa shape index (κ1) is 21.3. The number of benzene rings is 1. The van der Waals surface area contributed by atoms with Gasteiger partial charge in [0.15, 0.2) is 16.6 Å². The number of aromatic nitrogens is 4. The highest BCUT2D eigenvalue weighted by atomic mass is 32.1. The monoisotopic (exact) mass is 463 g/mol. The van der Waals surface area contributed by atoms with Gasteiger partial charge in [-0.1, -0.05) is 19.1 Å². The quantitative estimate of drug-likeness (QED) is 0.441. The van der Waals surface area contributed by atoms with Crippen LogP contribution in [0.4, 0.5) is 26.2 Å². The molecule has 3 aromatic heterocycles. The standard InChI is InChI=1S/C23H22FN7OS/c1-4-17-22(31-18(26-17)9-10-19(28-31)30-12-11-16(32)13-30)29(3)23-27-20(21(25-2)33-23)14-5-7-15(24)8-6-14/h5-10,16,32H,4,11-13H2,1,3H3. The Hall–Kier alpha value is -3.55. The summed E-state index contributed by atoms with van der Waals surface area (Å²) in [5, 5.41) is 15.8.